The summed E-state index contributed by atoms with van der Waals surface area (Å²) in [6, 6.07) is 5.10. The van der Waals surface area contributed by atoms with Crippen molar-refractivity contribution < 1.29 is 29.6 Å². The molecule has 3 unspecified atom stereocenters. The Kier molecular flexibility index (Phi) is 6.27. The number of aliphatic hydroxyl groups excluding tert-OH is 1. The second-order valence-electron chi connectivity index (χ2n) is 12.3. The summed E-state index contributed by atoms with van der Waals surface area (Å²) in [7, 11) is 0. The average Bonchev–Trinajstić information content (AvgIpc) is 2.82. The van der Waals surface area contributed by atoms with Gasteiger partial charge in [-0.3, -0.25) is 9.59 Å². The van der Waals surface area contributed by atoms with Crippen molar-refractivity contribution in [1.29, 1.82) is 0 Å². The fourth-order valence-corrected chi connectivity index (χ4v) is 6.85. The fraction of sp³-hybridized carbons (Fsp3) is 0.548. The monoisotopic (exact) mass is 506 g/mol. The maximum Gasteiger partial charge on any atom is 0.198 e. The van der Waals surface area contributed by atoms with Crippen LogP contribution >= 0.6 is 0 Å². The molecule has 0 saturated heterocycles. The third-order valence-corrected chi connectivity index (χ3v) is 9.53. The van der Waals surface area contributed by atoms with Crippen LogP contribution in [-0.4, -0.2) is 39.1 Å². The van der Waals surface area contributed by atoms with E-state index < -0.39 is 17.7 Å². The summed E-state index contributed by atoms with van der Waals surface area (Å²) in [5, 5.41) is 33.7. The minimum absolute atomic E-state index is 0.0810. The number of aliphatic hydroxyl groups is 1. The van der Waals surface area contributed by atoms with Gasteiger partial charge in [-0.1, -0.05) is 52.8 Å². The van der Waals surface area contributed by atoms with Gasteiger partial charge in [0.25, 0.3) is 0 Å². The molecule has 6 heteroatoms. The van der Waals surface area contributed by atoms with Gasteiger partial charge in [-0.05, 0) is 61.3 Å². The molecule has 0 amide bonds. The number of ketones is 2. The van der Waals surface area contributed by atoms with Gasteiger partial charge in [0, 0.05) is 22.3 Å². The Labute approximate surface area is 218 Å². The van der Waals surface area contributed by atoms with Crippen molar-refractivity contribution in [2.45, 2.75) is 85.5 Å². The van der Waals surface area contributed by atoms with E-state index in [1.54, 1.807) is 25.1 Å². The average molecular weight is 507 g/mol. The van der Waals surface area contributed by atoms with Gasteiger partial charge in [0.05, 0.1) is 29.4 Å². The number of carbonyl (C=O) groups is 2. The highest BCUT2D eigenvalue weighted by Crippen LogP contribution is 2.56. The lowest BCUT2D eigenvalue weighted by molar-refractivity contribution is -0.104. The van der Waals surface area contributed by atoms with E-state index in [4.69, 9.17) is 4.74 Å². The van der Waals surface area contributed by atoms with Crippen LogP contribution in [-0.2, 0) is 11.2 Å². The molecule has 0 spiro atoms. The standard InChI is InChI=1S/C31H38O6/c1-14(2)31(6)12-20-23(21(13-31)37-18-10-16(4)26(32)17(5)11-18)30(36)25-24(28(20)34)27(33)19-9-7-8-15(3)22(19)29(25)35/h7-9,14,16-18,21,26,32,34,36H,10-13H2,1-6H3/t16?,17?,18?,21?,26?,31-/m1/s1. The first-order chi connectivity index (χ1) is 17.4. The van der Waals surface area contributed by atoms with Gasteiger partial charge in [0.1, 0.15) is 11.5 Å². The van der Waals surface area contributed by atoms with Crippen molar-refractivity contribution in [2.24, 2.45) is 23.2 Å². The molecule has 3 aliphatic carbocycles. The van der Waals surface area contributed by atoms with Gasteiger partial charge >= 0.3 is 0 Å². The summed E-state index contributed by atoms with van der Waals surface area (Å²) < 4.78 is 6.70. The Bertz CT molecular complexity index is 1280. The SMILES string of the molecule is Cc1cccc2c1C(=O)c1c(O)c3c(c(O)c1C2=O)C[C@@](C)(C(C)C)CC3OC1CC(C)C(O)C(C)C1. The highest BCUT2D eigenvalue weighted by atomic mass is 16.5. The minimum atomic E-state index is -0.548. The molecule has 1 saturated carbocycles. The van der Waals surface area contributed by atoms with Gasteiger partial charge in [0.15, 0.2) is 11.6 Å². The Hall–Kier alpha value is -2.70. The van der Waals surface area contributed by atoms with E-state index in [0.717, 1.165) is 0 Å². The van der Waals surface area contributed by atoms with Crippen molar-refractivity contribution in [3.05, 3.63) is 57.1 Å². The minimum Gasteiger partial charge on any atom is -0.507 e. The van der Waals surface area contributed by atoms with E-state index in [2.05, 4.69) is 20.8 Å². The Morgan fingerprint density at radius 2 is 1.59 bits per heavy atom. The lowest BCUT2D eigenvalue weighted by atomic mass is 9.64. The molecule has 0 aliphatic heterocycles. The first-order valence-corrected chi connectivity index (χ1v) is 13.5. The Morgan fingerprint density at radius 3 is 2.22 bits per heavy atom. The van der Waals surface area contributed by atoms with Crippen LogP contribution in [0.1, 0.15) is 109 Å². The van der Waals surface area contributed by atoms with E-state index >= 15 is 0 Å². The molecule has 0 radical (unpaired) electrons. The molecular formula is C31H38O6. The topological polar surface area (TPSA) is 104 Å². The molecule has 0 heterocycles. The Balaban J connectivity index is 1.67. The molecule has 2 aromatic carbocycles. The summed E-state index contributed by atoms with van der Waals surface area (Å²) in [6.45, 7) is 12.2. The fourth-order valence-electron chi connectivity index (χ4n) is 6.85. The number of carbonyl (C=O) groups excluding carboxylic acids is 2. The summed E-state index contributed by atoms with van der Waals surface area (Å²) in [5.74, 6) is -0.942. The molecule has 2 aromatic rings. The lowest BCUT2D eigenvalue weighted by Gasteiger charge is -2.45. The van der Waals surface area contributed by atoms with E-state index in [1.807, 2.05) is 13.8 Å². The van der Waals surface area contributed by atoms with Gasteiger partial charge in [-0.25, -0.2) is 0 Å². The molecule has 3 aliphatic rings. The number of fused-ring (bicyclic) bond motifs is 3. The molecule has 198 valence electrons. The molecule has 6 nitrogen and oxygen atoms in total. The van der Waals surface area contributed by atoms with Crippen LogP contribution in [0.25, 0.3) is 0 Å². The second kappa shape index (κ2) is 8.95. The summed E-state index contributed by atoms with van der Waals surface area (Å²) in [4.78, 5) is 27.3. The molecular weight excluding hydrogens is 468 g/mol. The largest absolute Gasteiger partial charge is 0.507 e. The van der Waals surface area contributed by atoms with Crippen molar-refractivity contribution in [2.75, 3.05) is 0 Å². The third kappa shape index (κ3) is 3.91. The number of aromatic hydroxyl groups is 2. The van der Waals surface area contributed by atoms with Crippen molar-refractivity contribution in [1.82, 2.24) is 0 Å². The highest BCUT2D eigenvalue weighted by Gasteiger charge is 2.47. The number of ether oxygens (including phenoxy) is 1. The van der Waals surface area contributed by atoms with Gasteiger partial charge < -0.3 is 20.1 Å². The van der Waals surface area contributed by atoms with Crippen molar-refractivity contribution in [3.63, 3.8) is 0 Å². The van der Waals surface area contributed by atoms with E-state index in [0.29, 0.717) is 42.4 Å². The molecule has 1 fully saturated rings. The zero-order chi connectivity index (χ0) is 27.0. The van der Waals surface area contributed by atoms with Crippen LogP contribution in [0.5, 0.6) is 11.5 Å². The van der Waals surface area contributed by atoms with Crippen LogP contribution in [0.2, 0.25) is 0 Å². The van der Waals surface area contributed by atoms with E-state index in [-0.39, 0.29) is 69.1 Å². The molecule has 0 bridgehead atoms. The zero-order valence-electron chi connectivity index (χ0n) is 22.6. The molecule has 3 N–H and O–H groups in total. The summed E-state index contributed by atoms with van der Waals surface area (Å²) in [5.41, 5.74) is 1.64. The van der Waals surface area contributed by atoms with Crippen molar-refractivity contribution in [3.8, 4) is 11.5 Å². The predicted molar refractivity (Wildman–Crippen MR) is 140 cm³/mol. The maximum absolute atomic E-state index is 13.7. The van der Waals surface area contributed by atoms with Crippen LogP contribution in [0.3, 0.4) is 0 Å². The van der Waals surface area contributed by atoms with Gasteiger partial charge in [-0.2, -0.15) is 0 Å². The Morgan fingerprint density at radius 1 is 0.973 bits per heavy atom. The third-order valence-electron chi connectivity index (χ3n) is 9.53. The second-order valence-corrected chi connectivity index (χ2v) is 12.3. The number of phenolic OH excluding ortho intramolecular Hbond substituents is 2. The predicted octanol–water partition coefficient (Wildman–Crippen LogP) is 5.64. The molecule has 0 aromatic heterocycles. The van der Waals surface area contributed by atoms with Gasteiger partial charge in [-0.15, -0.1) is 0 Å². The summed E-state index contributed by atoms with van der Waals surface area (Å²) in [6.07, 6.45) is 1.41. The van der Waals surface area contributed by atoms with Crippen LogP contribution < -0.4 is 0 Å². The first-order valence-electron chi connectivity index (χ1n) is 13.5. The highest BCUT2D eigenvalue weighted by molar-refractivity contribution is 6.31. The van der Waals surface area contributed by atoms with Crippen LogP contribution in [0.4, 0.5) is 0 Å². The molecule has 4 atom stereocenters. The summed E-state index contributed by atoms with van der Waals surface area (Å²) >= 11 is 0. The number of rotatable bonds is 3. The van der Waals surface area contributed by atoms with Crippen LogP contribution in [0.15, 0.2) is 18.2 Å². The molecule has 5 rings (SSSR count). The van der Waals surface area contributed by atoms with Gasteiger partial charge in [0.2, 0.25) is 0 Å². The zero-order valence-corrected chi connectivity index (χ0v) is 22.6. The van der Waals surface area contributed by atoms with E-state index in [1.165, 1.54) is 0 Å². The first kappa shape index (κ1) is 25.9. The number of aryl methyl sites for hydroxylation is 1. The number of benzene rings is 2. The van der Waals surface area contributed by atoms with Crippen LogP contribution in [0, 0.1) is 30.1 Å². The lowest BCUT2D eigenvalue weighted by Crippen LogP contribution is -2.40. The normalized spacial score (nSPS) is 31.2. The number of phenols is 2. The van der Waals surface area contributed by atoms with E-state index in [9.17, 15) is 24.9 Å². The quantitative estimate of drug-likeness (QED) is 0.397. The number of hydrogen-bond acceptors (Lipinski definition) is 6. The number of hydrogen-bond donors (Lipinski definition) is 3. The van der Waals surface area contributed by atoms with Crippen molar-refractivity contribution >= 4 is 11.6 Å². The smallest absolute Gasteiger partial charge is 0.198 e. The maximum atomic E-state index is 13.7. The molecule has 37 heavy (non-hydrogen) atoms.